The van der Waals surface area contributed by atoms with Crippen molar-refractivity contribution in [2.45, 2.75) is 39.5 Å². The van der Waals surface area contributed by atoms with Gasteiger partial charge in [-0.15, -0.1) is 0 Å². The Morgan fingerprint density at radius 1 is 0.574 bits per heavy atom. The Hall–Kier alpha value is -6.26. The van der Waals surface area contributed by atoms with Crippen LogP contribution in [0, 0.1) is 5.92 Å². The highest BCUT2D eigenvalue weighted by Gasteiger charge is 2.15. The quantitative estimate of drug-likeness (QED) is 0.0564. The normalized spacial score (nSPS) is 11.2. The molecule has 0 radical (unpaired) electrons. The van der Waals surface area contributed by atoms with E-state index in [1.165, 1.54) is 24.3 Å². The third kappa shape index (κ3) is 12.8. The SMILES string of the molecule is CCCCC(CC)COC(=O)c1ccc(Nc2nc(Nc3ccc(C(=O)OCC(=O)CO)cc3)nc(Nc3ccc(C(=O)OCC(=O)CO)cc3)n2)cc1. The van der Waals surface area contributed by atoms with Crippen LogP contribution in [0.5, 0.6) is 0 Å². The molecule has 0 saturated carbocycles. The van der Waals surface area contributed by atoms with Crippen molar-refractivity contribution >= 4 is 64.4 Å². The minimum atomic E-state index is -0.740. The number of hydrogen-bond donors (Lipinski definition) is 5. The number of anilines is 6. The summed E-state index contributed by atoms with van der Waals surface area (Å²) in [5, 5.41) is 26.9. The van der Waals surface area contributed by atoms with Gasteiger partial charge in [0.25, 0.3) is 0 Å². The fraction of sp³-hybridized carbons (Fsp3) is 0.316. The molecule has 4 rings (SSSR count). The second-order valence-electron chi connectivity index (χ2n) is 12.0. The minimum Gasteiger partial charge on any atom is -0.462 e. The van der Waals surface area contributed by atoms with Crippen LogP contribution in [-0.4, -0.2) is 87.7 Å². The predicted octanol–water partition coefficient (Wildman–Crippen LogP) is 4.91. The number of nitrogens with one attached hydrogen (secondary N) is 3. The molecule has 5 N–H and O–H groups in total. The highest BCUT2D eigenvalue weighted by molar-refractivity contribution is 5.93. The van der Waals surface area contributed by atoms with Gasteiger partial charge in [0.15, 0.2) is 24.8 Å². The molecule has 1 atom stereocenters. The highest BCUT2D eigenvalue weighted by atomic mass is 16.5. The lowest BCUT2D eigenvalue weighted by Crippen LogP contribution is -2.16. The first kappa shape index (κ1) is 40.5. The maximum absolute atomic E-state index is 12.7. The zero-order chi connectivity index (χ0) is 38.9. The number of nitrogens with zero attached hydrogens (tertiary/aromatic N) is 3. The second-order valence-corrected chi connectivity index (χ2v) is 12.0. The molecule has 0 saturated heterocycles. The number of carbonyl (C=O) groups is 5. The molecule has 4 aromatic rings. The monoisotopic (exact) mass is 742 g/mol. The number of esters is 3. The first-order valence-corrected chi connectivity index (χ1v) is 17.2. The minimum absolute atomic E-state index is 0.0985. The number of ether oxygens (including phenoxy) is 3. The average Bonchev–Trinajstić information content (AvgIpc) is 3.19. The molecule has 16 heteroatoms. The topological polar surface area (TPSA) is 228 Å². The highest BCUT2D eigenvalue weighted by Crippen LogP contribution is 2.23. The number of hydrogen-bond acceptors (Lipinski definition) is 16. The Kier molecular flexibility index (Phi) is 15.5. The number of carbonyl (C=O) groups excluding carboxylic acids is 5. The van der Waals surface area contributed by atoms with Gasteiger partial charge in [0.2, 0.25) is 17.8 Å². The molecule has 16 nitrogen and oxygen atoms in total. The van der Waals surface area contributed by atoms with Crippen molar-refractivity contribution in [1.82, 2.24) is 15.0 Å². The van der Waals surface area contributed by atoms with Crippen molar-refractivity contribution in [1.29, 1.82) is 0 Å². The standard InChI is InChI=1S/C38H42N6O10/c1-3-5-6-24(4-2)21-52-33(49)25-7-13-28(14-8-25)39-36-42-37(40-29-15-9-26(10-16-29)34(50)53-22-31(47)19-45)44-38(43-36)41-30-17-11-27(12-18-30)35(51)54-23-32(48)20-46/h7-18,24,45-46H,3-6,19-23H2,1-2H3,(H3,39,40,41,42,43,44). The van der Waals surface area contributed by atoms with Crippen LogP contribution in [0.15, 0.2) is 72.8 Å². The van der Waals surface area contributed by atoms with E-state index in [4.69, 9.17) is 24.4 Å². The molecule has 284 valence electrons. The van der Waals surface area contributed by atoms with E-state index in [1.54, 1.807) is 48.5 Å². The summed E-state index contributed by atoms with van der Waals surface area (Å²) in [4.78, 5) is 73.2. The van der Waals surface area contributed by atoms with Gasteiger partial charge in [-0.2, -0.15) is 15.0 Å². The van der Waals surface area contributed by atoms with E-state index in [0.29, 0.717) is 35.2 Å². The molecule has 0 spiro atoms. The second kappa shape index (κ2) is 20.7. The fourth-order valence-electron chi connectivity index (χ4n) is 4.72. The first-order valence-electron chi connectivity index (χ1n) is 17.2. The molecular formula is C38H42N6O10. The molecule has 0 aliphatic rings. The van der Waals surface area contributed by atoms with Crippen LogP contribution >= 0.6 is 0 Å². The number of aliphatic hydroxyl groups excluding tert-OH is 2. The van der Waals surface area contributed by atoms with Crippen molar-refractivity contribution in [2.24, 2.45) is 5.92 Å². The predicted molar refractivity (Wildman–Crippen MR) is 197 cm³/mol. The Morgan fingerprint density at radius 2 is 0.926 bits per heavy atom. The van der Waals surface area contributed by atoms with Gasteiger partial charge < -0.3 is 40.4 Å². The Morgan fingerprint density at radius 3 is 1.24 bits per heavy atom. The molecular weight excluding hydrogens is 700 g/mol. The van der Waals surface area contributed by atoms with Crippen LogP contribution in [-0.2, 0) is 23.8 Å². The van der Waals surface area contributed by atoms with Gasteiger partial charge in [-0.05, 0) is 85.1 Å². The van der Waals surface area contributed by atoms with E-state index in [9.17, 15) is 24.0 Å². The number of Topliss-reactive ketones (excluding diaryl/α,β-unsaturated/α-hetero) is 2. The lowest BCUT2D eigenvalue weighted by Gasteiger charge is -2.15. The van der Waals surface area contributed by atoms with E-state index in [1.807, 2.05) is 0 Å². The van der Waals surface area contributed by atoms with Crippen LogP contribution in [0.25, 0.3) is 0 Å². The molecule has 0 aliphatic heterocycles. The number of unbranched alkanes of at least 4 members (excludes halogenated alkanes) is 1. The third-order valence-corrected chi connectivity index (χ3v) is 7.84. The lowest BCUT2D eigenvalue weighted by atomic mass is 10.0. The van der Waals surface area contributed by atoms with Crippen LogP contribution in [0.2, 0.25) is 0 Å². The molecule has 0 fully saturated rings. The van der Waals surface area contributed by atoms with Crippen molar-refractivity contribution in [3.8, 4) is 0 Å². The molecule has 54 heavy (non-hydrogen) atoms. The number of rotatable bonds is 21. The van der Waals surface area contributed by atoms with Crippen LogP contribution < -0.4 is 16.0 Å². The van der Waals surface area contributed by atoms with Crippen molar-refractivity contribution in [3.63, 3.8) is 0 Å². The lowest BCUT2D eigenvalue weighted by molar-refractivity contribution is -0.125. The summed E-state index contributed by atoms with van der Waals surface area (Å²) in [6.07, 6.45) is 4.11. The van der Waals surface area contributed by atoms with Gasteiger partial charge in [-0.3, -0.25) is 9.59 Å². The molecule has 0 bridgehead atoms. The largest absolute Gasteiger partial charge is 0.462 e. The van der Waals surface area contributed by atoms with E-state index in [2.05, 4.69) is 44.7 Å². The summed E-state index contributed by atoms with van der Waals surface area (Å²) in [7, 11) is 0. The number of benzene rings is 3. The van der Waals surface area contributed by atoms with Gasteiger partial charge in [0, 0.05) is 17.1 Å². The number of aromatic nitrogens is 3. The molecule has 3 aromatic carbocycles. The third-order valence-electron chi connectivity index (χ3n) is 7.84. The smallest absolute Gasteiger partial charge is 0.338 e. The van der Waals surface area contributed by atoms with Crippen molar-refractivity contribution < 1.29 is 48.4 Å². The molecule has 0 aliphatic carbocycles. The molecule has 1 heterocycles. The summed E-state index contributed by atoms with van der Waals surface area (Å²) in [6.45, 7) is 2.02. The van der Waals surface area contributed by atoms with Crippen LogP contribution in [0.3, 0.4) is 0 Å². The maximum atomic E-state index is 12.7. The van der Waals surface area contributed by atoms with Gasteiger partial charge in [-0.1, -0.05) is 33.1 Å². The fourth-order valence-corrected chi connectivity index (χ4v) is 4.72. The summed E-state index contributed by atoms with van der Waals surface area (Å²) in [5.41, 5.74) is 2.29. The molecule has 1 unspecified atom stereocenters. The van der Waals surface area contributed by atoms with Gasteiger partial charge in [0.05, 0.1) is 23.3 Å². The van der Waals surface area contributed by atoms with Gasteiger partial charge in [0.1, 0.15) is 13.2 Å². The molecule has 1 aromatic heterocycles. The van der Waals surface area contributed by atoms with E-state index < -0.39 is 55.9 Å². The van der Waals surface area contributed by atoms with E-state index >= 15 is 0 Å². The Bertz CT molecular complexity index is 1790. The van der Waals surface area contributed by atoms with Gasteiger partial charge in [-0.25, -0.2) is 14.4 Å². The summed E-state index contributed by atoms with van der Waals surface area (Å²) < 4.78 is 15.4. The average molecular weight is 743 g/mol. The zero-order valence-corrected chi connectivity index (χ0v) is 29.9. The summed E-state index contributed by atoms with van der Waals surface area (Å²) in [6, 6.07) is 18.8. The summed E-state index contributed by atoms with van der Waals surface area (Å²) >= 11 is 0. The number of ketones is 2. The first-order chi connectivity index (χ1) is 26.1. The van der Waals surface area contributed by atoms with Crippen LogP contribution in [0.4, 0.5) is 34.9 Å². The zero-order valence-electron chi connectivity index (χ0n) is 29.9. The van der Waals surface area contributed by atoms with E-state index in [0.717, 1.165) is 25.7 Å². The van der Waals surface area contributed by atoms with E-state index in [-0.39, 0.29) is 29.0 Å². The maximum Gasteiger partial charge on any atom is 0.338 e. The van der Waals surface area contributed by atoms with Crippen molar-refractivity contribution in [2.75, 3.05) is 49.0 Å². The number of aliphatic hydroxyl groups is 2. The Labute approximate surface area is 311 Å². The van der Waals surface area contributed by atoms with Crippen molar-refractivity contribution in [3.05, 3.63) is 89.5 Å². The summed E-state index contributed by atoms with van der Waals surface area (Å²) in [5.74, 6) is -2.52. The Balaban J connectivity index is 1.51. The van der Waals surface area contributed by atoms with Gasteiger partial charge >= 0.3 is 17.9 Å². The van der Waals surface area contributed by atoms with Crippen LogP contribution in [0.1, 0.15) is 70.6 Å². The molecule has 0 amide bonds.